The predicted molar refractivity (Wildman–Crippen MR) is 109 cm³/mol. The van der Waals surface area contributed by atoms with E-state index in [2.05, 4.69) is 10.6 Å². The number of benzene rings is 2. The van der Waals surface area contributed by atoms with E-state index in [1.165, 1.54) is 0 Å². The highest BCUT2D eigenvalue weighted by atomic mass is 16.5. The fraction of sp³-hybridized carbons (Fsp3) is 0.364. The molecule has 0 radical (unpaired) electrons. The molecular weight excluding hydrogens is 354 g/mol. The molecule has 0 spiro atoms. The summed E-state index contributed by atoms with van der Waals surface area (Å²) in [6, 6.07) is 17.0. The minimum absolute atomic E-state index is 0.00139. The zero-order valence-corrected chi connectivity index (χ0v) is 16.4. The zero-order chi connectivity index (χ0) is 19.9. The van der Waals surface area contributed by atoms with E-state index < -0.39 is 0 Å². The number of hydrogen-bond donors (Lipinski definition) is 2. The van der Waals surface area contributed by atoms with E-state index in [4.69, 9.17) is 4.74 Å². The molecule has 28 heavy (non-hydrogen) atoms. The van der Waals surface area contributed by atoms with Gasteiger partial charge in [0, 0.05) is 25.3 Å². The monoisotopic (exact) mass is 381 g/mol. The SMILES string of the molecule is C[C@@H]1CN(C(=O)CNc2ccccc2C(=O)NCc2ccccc2)C[C@H](C)O1. The van der Waals surface area contributed by atoms with Crippen molar-refractivity contribution in [2.45, 2.75) is 32.6 Å². The maximum atomic E-state index is 12.6. The summed E-state index contributed by atoms with van der Waals surface area (Å²) in [5, 5.41) is 6.05. The number of morpholine rings is 1. The number of hydrogen-bond acceptors (Lipinski definition) is 4. The molecule has 3 rings (SSSR count). The quantitative estimate of drug-likeness (QED) is 0.807. The predicted octanol–water partition coefficient (Wildman–Crippen LogP) is 2.66. The Morgan fingerprint density at radius 2 is 1.64 bits per heavy atom. The van der Waals surface area contributed by atoms with E-state index in [-0.39, 0.29) is 30.6 Å². The lowest BCUT2D eigenvalue weighted by molar-refractivity contribution is -0.141. The van der Waals surface area contributed by atoms with Gasteiger partial charge in [-0.1, -0.05) is 42.5 Å². The van der Waals surface area contributed by atoms with Crippen molar-refractivity contribution < 1.29 is 14.3 Å². The first kappa shape index (κ1) is 19.9. The van der Waals surface area contributed by atoms with Gasteiger partial charge in [-0.2, -0.15) is 0 Å². The number of para-hydroxylation sites is 1. The van der Waals surface area contributed by atoms with Crippen LogP contribution in [0, 0.1) is 0 Å². The third kappa shape index (κ3) is 5.33. The first-order valence-corrected chi connectivity index (χ1v) is 9.61. The Hall–Kier alpha value is -2.86. The molecule has 2 aromatic rings. The summed E-state index contributed by atoms with van der Waals surface area (Å²) in [4.78, 5) is 27.0. The highest BCUT2D eigenvalue weighted by Crippen LogP contribution is 2.16. The molecule has 2 atom stereocenters. The summed E-state index contributed by atoms with van der Waals surface area (Å²) in [6.07, 6.45) is 0.0625. The second-order valence-electron chi connectivity index (χ2n) is 7.12. The van der Waals surface area contributed by atoms with Crippen molar-refractivity contribution in [3.8, 4) is 0 Å². The maximum Gasteiger partial charge on any atom is 0.253 e. The first-order chi connectivity index (χ1) is 13.5. The van der Waals surface area contributed by atoms with Crippen LogP contribution >= 0.6 is 0 Å². The number of ether oxygens (including phenoxy) is 1. The van der Waals surface area contributed by atoms with Crippen LogP contribution in [-0.2, 0) is 16.1 Å². The Bertz CT molecular complexity index is 800. The number of carbonyl (C=O) groups is 2. The molecule has 1 aliphatic rings. The lowest BCUT2D eigenvalue weighted by atomic mass is 10.1. The zero-order valence-electron chi connectivity index (χ0n) is 16.4. The van der Waals surface area contributed by atoms with Crippen LogP contribution in [0.3, 0.4) is 0 Å². The molecule has 1 saturated heterocycles. The van der Waals surface area contributed by atoms with Crippen molar-refractivity contribution in [3.63, 3.8) is 0 Å². The molecule has 6 nitrogen and oxygen atoms in total. The largest absolute Gasteiger partial charge is 0.376 e. The summed E-state index contributed by atoms with van der Waals surface area (Å²) in [5.74, 6) is -0.172. The average molecular weight is 381 g/mol. The highest BCUT2D eigenvalue weighted by molar-refractivity contribution is 6.00. The van der Waals surface area contributed by atoms with Gasteiger partial charge in [-0.15, -0.1) is 0 Å². The number of nitrogens with one attached hydrogen (secondary N) is 2. The number of amides is 2. The summed E-state index contributed by atoms with van der Waals surface area (Å²) >= 11 is 0. The third-order valence-electron chi connectivity index (χ3n) is 4.67. The van der Waals surface area contributed by atoms with Crippen molar-refractivity contribution in [2.75, 3.05) is 25.0 Å². The van der Waals surface area contributed by atoms with E-state index in [0.717, 1.165) is 5.56 Å². The van der Waals surface area contributed by atoms with Crippen LogP contribution in [0.4, 0.5) is 5.69 Å². The molecule has 0 aliphatic carbocycles. The number of rotatable bonds is 6. The van der Waals surface area contributed by atoms with Crippen LogP contribution in [0.15, 0.2) is 54.6 Å². The number of carbonyl (C=O) groups excluding carboxylic acids is 2. The van der Waals surface area contributed by atoms with Gasteiger partial charge in [0.15, 0.2) is 0 Å². The molecule has 1 heterocycles. The normalized spacial score (nSPS) is 19.1. The second-order valence-corrected chi connectivity index (χ2v) is 7.12. The molecular formula is C22H27N3O3. The van der Waals surface area contributed by atoms with Crippen molar-refractivity contribution in [1.29, 1.82) is 0 Å². The summed E-state index contributed by atoms with van der Waals surface area (Å²) < 4.78 is 5.68. The van der Waals surface area contributed by atoms with Gasteiger partial charge in [0.05, 0.1) is 24.3 Å². The van der Waals surface area contributed by atoms with Crippen LogP contribution in [-0.4, -0.2) is 48.6 Å². The van der Waals surface area contributed by atoms with Crippen molar-refractivity contribution in [2.24, 2.45) is 0 Å². The minimum atomic E-state index is -0.173. The van der Waals surface area contributed by atoms with Crippen molar-refractivity contribution in [1.82, 2.24) is 10.2 Å². The maximum absolute atomic E-state index is 12.6. The molecule has 1 fully saturated rings. The third-order valence-corrected chi connectivity index (χ3v) is 4.67. The van der Waals surface area contributed by atoms with Gasteiger partial charge in [0.25, 0.3) is 5.91 Å². The van der Waals surface area contributed by atoms with E-state index in [1.54, 1.807) is 6.07 Å². The van der Waals surface area contributed by atoms with Gasteiger partial charge in [-0.25, -0.2) is 0 Å². The van der Waals surface area contributed by atoms with E-state index in [0.29, 0.717) is 30.9 Å². The fourth-order valence-corrected chi connectivity index (χ4v) is 3.37. The van der Waals surface area contributed by atoms with Crippen LogP contribution in [0.2, 0.25) is 0 Å². The molecule has 0 unspecified atom stereocenters. The van der Waals surface area contributed by atoms with Gasteiger partial charge in [0.2, 0.25) is 5.91 Å². The van der Waals surface area contributed by atoms with E-state index in [9.17, 15) is 9.59 Å². The van der Waals surface area contributed by atoms with E-state index >= 15 is 0 Å². The number of anilines is 1. The van der Waals surface area contributed by atoms with Crippen LogP contribution in [0.25, 0.3) is 0 Å². The van der Waals surface area contributed by atoms with Crippen LogP contribution in [0.1, 0.15) is 29.8 Å². The molecule has 2 amide bonds. The van der Waals surface area contributed by atoms with Gasteiger partial charge in [-0.05, 0) is 31.5 Å². The summed E-state index contributed by atoms with van der Waals surface area (Å²) in [6.45, 7) is 5.71. The van der Waals surface area contributed by atoms with Gasteiger partial charge < -0.3 is 20.3 Å². The van der Waals surface area contributed by atoms with Gasteiger partial charge >= 0.3 is 0 Å². The van der Waals surface area contributed by atoms with Crippen LogP contribution in [0.5, 0.6) is 0 Å². The molecule has 0 bridgehead atoms. The average Bonchev–Trinajstić information content (AvgIpc) is 2.70. The lowest BCUT2D eigenvalue weighted by Crippen LogP contribution is -2.49. The Balaban J connectivity index is 1.59. The van der Waals surface area contributed by atoms with Crippen molar-refractivity contribution >= 4 is 17.5 Å². The first-order valence-electron chi connectivity index (χ1n) is 9.61. The summed E-state index contributed by atoms with van der Waals surface area (Å²) in [5.41, 5.74) is 2.21. The minimum Gasteiger partial charge on any atom is -0.376 e. The highest BCUT2D eigenvalue weighted by Gasteiger charge is 2.25. The smallest absolute Gasteiger partial charge is 0.253 e. The Morgan fingerprint density at radius 3 is 2.36 bits per heavy atom. The van der Waals surface area contributed by atoms with Gasteiger partial charge in [-0.3, -0.25) is 9.59 Å². The molecule has 148 valence electrons. The molecule has 0 saturated carbocycles. The molecule has 6 heteroatoms. The van der Waals surface area contributed by atoms with Crippen LogP contribution < -0.4 is 10.6 Å². The molecule has 1 aliphatic heterocycles. The standard InChI is InChI=1S/C22H27N3O3/c1-16-14-25(15-17(2)28-16)21(26)13-23-20-11-7-6-10-19(20)22(27)24-12-18-8-4-3-5-9-18/h3-11,16-17,23H,12-15H2,1-2H3,(H,24,27)/t16-,17+. The Labute approximate surface area is 165 Å². The van der Waals surface area contributed by atoms with E-state index in [1.807, 2.05) is 67.3 Å². The lowest BCUT2D eigenvalue weighted by Gasteiger charge is -2.35. The van der Waals surface area contributed by atoms with Crippen molar-refractivity contribution in [3.05, 3.63) is 65.7 Å². The molecule has 2 N–H and O–H groups in total. The van der Waals surface area contributed by atoms with Gasteiger partial charge in [0.1, 0.15) is 0 Å². The topological polar surface area (TPSA) is 70.7 Å². The fourth-order valence-electron chi connectivity index (χ4n) is 3.37. The Kier molecular flexibility index (Phi) is 6.66. The summed E-state index contributed by atoms with van der Waals surface area (Å²) in [7, 11) is 0. The molecule has 2 aromatic carbocycles. The molecule has 0 aromatic heterocycles. The number of nitrogens with zero attached hydrogens (tertiary/aromatic N) is 1. The Morgan fingerprint density at radius 1 is 1.00 bits per heavy atom. The second kappa shape index (κ2) is 9.37.